The van der Waals surface area contributed by atoms with Crippen LogP contribution in [0, 0.1) is 0 Å². The third-order valence-corrected chi connectivity index (χ3v) is 12.5. The summed E-state index contributed by atoms with van der Waals surface area (Å²) in [5.74, 6) is 0.0471. The third kappa shape index (κ3) is 16.5. The van der Waals surface area contributed by atoms with Crippen LogP contribution in [0.5, 0.6) is 0 Å². The molecule has 318 valence electrons. The summed E-state index contributed by atoms with van der Waals surface area (Å²) in [7, 11) is 0. The predicted octanol–water partition coefficient (Wildman–Crippen LogP) is 13.4. The summed E-state index contributed by atoms with van der Waals surface area (Å²) >= 11 is 7.76. The van der Waals surface area contributed by atoms with Crippen molar-refractivity contribution in [2.75, 3.05) is 5.75 Å². The van der Waals surface area contributed by atoms with Crippen LogP contribution in [0.1, 0.15) is 66.4 Å². The standard InChI is InChI=1S/C15H15NOS.C15H15NS.C13H12O.C13H12S/c16-14(17)11-18-15(12-7-3-1-4-8-12)13-9-5-2-6-10-13;1-12(16)17-15(13-8-4-2-5-9-13)14-10-6-3-7-11-14;2*14-13(11-7-3-1-4-8-11)12-9-5-2-6-10-12/h1-10,15H,11H2,(H2,16,17);2-11,15H,1,16H2;2*1-10,13-14H. The highest BCUT2D eigenvalue weighted by molar-refractivity contribution is 8.03. The highest BCUT2D eigenvalue weighted by Gasteiger charge is 2.16. The van der Waals surface area contributed by atoms with Gasteiger partial charge in [0.2, 0.25) is 5.91 Å². The number of aliphatic hydroxyl groups excluding tert-OH is 1. The first kappa shape index (κ1) is 47.8. The van der Waals surface area contributed by atoms with E-state index < -0.39 is 6.10 Å². The van der Waals surface area contributed by atoms with Crippen LogP contribution in [-0.4, -0.2) is 16.8 Å². The van der Waals surface area contributed by atoms with Gasteiger partial charge in [0.1, 0.15) is 6.10 Å². The van der Waals surface area contributed by atoms with Crippen molar-refractivity contribution in [3.63, 3.8) is 0 Å². The second kappa shape index (κ2) is 27.0. The molecule has 0 saturated heterocycles. The van der Waals surface area contributed by atoms with Crippen molar-refractivity contribution in [3.8, 4) is 0 Å². The molecule has 0 fully saturated rings. The molecule has 0 spiro atoms. The topological polar surface area (TPSA) is 89.3 Å². The number of thiol groups is 1. The second-order valence-electron chi connectivity index (χ2n) is 14.2. The minimum absolute atomic E-state index is 0.153. The lowest BCUT2D eigenvalue weighted by molar-refractivity contribution is -0.115. The van der Waals surface area contributed by atoms with Crippen LogP contribution >= 0.6 is 36.2 Å². The summed E-state index contributed by atoms with van der Waals surface area (Å²) in [4.78, 5) is 11.0. The highest BCUT2D eigenvalue weighted by Crippen LogP contribution is 2.38. The van der Waals surface area contributed by atoms with Gasteiger partial charge in [-0.15, -0.1) is 11.8 Å². The van der Waals surface area contributed by atoms with Crippen LogP contribution in [0.4, 0.5) is 0 Å². The van der Waals surface area contributed by atoms with Crippen molar-refractivity contribution in [1.82, 2.24) is 0 Å². The summed E-state index contributed by atoms with van der Waals surface area (Å²) < 4.78 is 0. The molecule has 0 unspecified atom stereocenters. The van der Waals surface area contributed by atoms with Crippen LogP contribution in [-0.2, 0) is 4.79 Å². The molecule has 0 aliphatic heterocycles. The first-order valence-corrected chi connectivity index (χ1v) is 23.0. The van der Waals surface area contributed by atoms with Gasteiger partial charge < -0.3 is 16.6 Å². The van der Waals surface area contributed by atoms with Gasteiger partial charge in [0.15, 0.2) is 0 Å². The number of hydrogen-bond acceptors (Lipinski definition) is 6. The van der Waals surface area contributed by atoms with E-state index in [9.17, 15) is 9.90 Å². The smallest absolute Gasteiger partial charge is 0.227 e. The lowest BCUT2D eigenvalue weighted by Crippen LogP contribution is -2.14. The monoisotopic (exact) mass is 882 g/mol. The Kier molecular flexibility index (Phi) is 20.5. The van der Waals surface area contributed by atoms with Gasteiger partial charge in [-0.25, -0.2) is 0 Å². The Morgan fingerprint density at radius 2 is 0.667 bits per heavy atom. The molecule has 8 aromatic rings. The fourth-order valence-electron chi connectivity index (χ4n) is 6.47. The maximum atomic E-state index is 11.0. The lowest BCUT2D eigenvalue weighted by atomic mass is 10.0. The molecule has 0 aliphatic rings. The molecule has 63 heavy (non-hydrogen) atoms. The molecule has 0 heterocycles. The number of primary amides is 1. The minimum Gasteiger partial charge on any atom is -0.394 e. The van der Waals surface area contributed by atoms with E-state index in [0.29, 0.717) is 10.8 Å². The molecule has 1 amide bonds. The molecule has 7 heteroatoms. The zero-order valence-corrected chi connectivity index (χ0v) is 37.6. The average molecular weight is 883 g/mol. The van der Waals surface area contributed by atoms with E-state index >= 15 is 0 Å². The Balaban J connectivity index is 0.000000159. The van der Waals surface area contributed by atoms with Crippen LogP contribution in [0.15, 0.2) is 254 Å². The quantitative estimate of drug-likeness (QED) is 0.0866. The van der Waals surface area contributed by atoms with Gasteiger partial charge >= 0.3 is 0 Å². The Bertz CT molecular complexity index is 2210. The summed E-state index contributed by atoms with van der Waals surface area (Å²) in [6, 6.07) is 81.0. The summed E-state index contributed by atoms with van der Waals surface area (Å²) in [6.45, 7) is 3.79. The number of thioether (sulfide) groups is 2. The number of amides is 1. The molecule has 5 N–H and O–H groups in total. The predicted molar refractivity (Wildman–Crippen MR) is 273 cm³/mol. The molecule has 8 rings (SSSR count). The second-order valence-corrected chi connectivity index (χ2v) is 17.1. The van der Waals surface area contributed by atoms with Gasteiger partial charge in [-0.1, -0.05) is 261 Å². The minimum atomic E-state index is -0.516. The molecule has 0 radical (unpaired) electrons. The molecule has 0 bridgehead atoms. The van der Waals surface area contributed by atoms with Crippen molar-refractivity contribution in [3.05, 3.63) is 299 Å². The Labute approximate surface area is 387 Å². The van der Waals surface area contributed by atoms with Gasteiger partial charge in [-0.2, -0.15) is 12.6 Å². The maximum Gasteiger partial charge on any atom is 0.227 e. The Morgan fingerprint density at radius 3 is 0.921 bits per heavy atom. The van der Waals surface area contributed by atoms with Crippen molar-refractivity contribution in [2.45, 2.75) is 21.9 Å². The van der Waals surface area contributed by atoms with Gasteiger partial charge in [-0.05, 0) is 44.5 Å². The SMILES string of the molecule is C=C(N)SC(c1ccccc1)c1ccccc1.NC(=O)CSC(c1ccccc1)c1ccccc1.OC(c1ccccc1)c1ccccc1.SC(c1ccccc1)c1ccccc1. The number of nitrogens with two attached hydrogens (primary N) is 2. The average Bonchev–Trinajstić information content (AvgIpc) is 3.35. The molecule has 0 aliphatic carbocycles. The van der Waals surface area contributed by atoms with E-state index in [1.807, 2.05) is 170 Å². The van der Waals surface area contributed by atoms with E-state index in [1.165, 1.54) is 33.4 Å². The van der Waals surface area contributed by atoms with Gasteiger partial charge in [-0.3, -0.25) is 4.79 Å². The zero-order valence-electron chi connectivity index (χ0n) is 35.1. The molecule has 0 aromatic heterocycles. The van der Waals surface area contributed by atoms with E-state index in [-0.39, 0.29) is 21.7 Å². The summed E-state index contributed by atoms with van der Waals surface area (Å²) in [5, 5.41) is 11.2. The molecular formula is C56H54N2O2S3. The Morgan fingerprint density at radius 1 is 0.429 bits per heavy atom. The first-order chi connectivity index (χ1) is 30.8. The fourth-order valence-corrected chi connectivity index (χ4v) is 8.73. The fraction of sp³-hybridized carbons (Fsp3) is 0.0893. The summed E-state index contributed by atoms with van der Waals surface area (Å²) in [5.41, 5.74) is 20.2. The number of carbonyl (C=O) groups excluding carboxylic acids is 1. The molecule has 0 saturated carbocycles. The van der Waals surface area contributed by atoms with Crippen LogP contribution in [0.3, 0.4) is 0 Å². The third-order valence-electron chi connectivity index (χ3n) is 9.53. The molecule has 8 aromatic carbocycles. The van der Waals surface area contributed by atoms with Crippen LogP contribution in [0.2, 0.25) is 0 Å². The van der Waals surface area contributed by atoms with Gasteiger partial charge in [0.25, 0.3) is 0 Å². The number of rotatable bonds is 13. The van der Waals surface area contributed by atoms with E-state index in [4.69, 9.17) is 11.5 Å². The van der Waals surface area contributed by atoms with Gasteiger partial charge in [0, 0.05) is 0 Å². The van der Waals surface area contributed by atoms with E-state index in [1.54, 1.807) is 23.5 Å². The van der Waals surface area contributed by atoms with Crippen LogP contribution < -0.4 is 11.5 Å². The van der Waals surface area contributed by atoms with Gasteiger partial charge in [0.05, 0.1) is 26.5 Å². The normalized spacial score (nSPS) is 10.4. The number of aliphatic hydroxyl groups is 1. The highest BCUT2D eigenvalue weighted by atomic mass is 32.2. The van der Waals surface area contributed by atoms with Crippen molar-refractivity contribution >= 4 is 42.1 Å². The largest absolute Gasteiger partial charge is 0.394 e. The zero-order chi connectivity index (χ0) is 44.5. The van der Waals surface area contributed by atoms with Crippen molar-refractivity contribution in [2.24, 2.45) is 11.5 Å². The van der Waals surface area contributed by atoms with E-state index in [0.717, 1.165) is 11.1 Å². The number of carbonyl (C=O) groups is 1. The molecule has 0 atom stereocenters. The molecule has 4 nitrogen and oxygen atoms in total. The van der Waals surface area contributed by atoms with E-state index in [2.05, 4.69) is 92.0 Å². The number of hydrogen-bond donors (Lipinski definition) is 4. The maximum absolute atomic E-state index is 11.0. The number of benzene rings is 8. The summed E-state index contributed by atoms with van der Waals surface area (Å²) in [6.07, 6.45) is -0.516. The first-order valence-electron chi connectivity index (χ1n) is 20.6. The van der Waals surface area contributed by atoms with Crippen molar-refractivity contribution in [1.29, 1.82) is 0 Å². The van der Waals surface area contributed by atoms with Crippen LogP contribution in [0.25, 0.3) is 0 Å². The Hall–Kier alpha value is -6.22. The van der Waals surface area contributed by atoms with Crippen molar-refractivity contribution < 1.29 is 9.90 Å². The molecular weight excluding hydrogens is 829 g/mol. The lowest BCUT2D eigenvalue weighted by Gasteiger charge is -2.17.